The fourth-order valence-corrected chi connectivity index (χ4v) is 4.06. The van der Waals surface area contributed by atoms with Crippen molar-refractivity contribution in [2.75, 3.05) is 5.32 Å². The van der Waals surface area contributed by atoms with Crippen molar-refractivity contribution in [1.82, 2.24) is 0 Å². The normalized spacial score (nSPS) is 23.9. The molecule has 0 radical (unpaired) electrons. The average Bonchev–Trinajstić information content (AvgIpc) is 3.10. The molecule has 0 aromatic heterocycles. The van der Waals surface area contributed by atoms with Crippen molar-refractivity contribution in [3.8, 4) is 0 Å². The number of halogens is 3. The lowest BCUT2D eigenvalue weighted by Crippen LogP contribution is -2.31. The van der Waals surface area contributed by atoms with Crippen LogP contribution in [0.5, 0.6) is 0 Å². The molecule has 26 heavy (non-hydrogen) atoms. The van der Waals surface area contributed by atoms with E-state index in [1.54, 1.807) is 18.2 Å². The van der Waals surface area contributed by atoms with Crippen LogP contribution in [-0.4, -0.2) is 11.1 Å². The lowest BCUT2D eigenvalue weighted by molar-refractivity contribution is -0.138. The first-order valence-electron chi connectivity index (χ1n) is 8.33. The van der Waals surface area contributed by atoms with Gasteiger partial charge in [-0.2, -0.15) is 13.2 Å². The van der Waals surface area contributed by atoms with Crippen LogP contribution in [0.3, 0.4) is 0 Å². The van der Waals surface area contributed by atoms with E-state index in [4.69, 9.17) is 0 Å². The number of alkyl halides is 3. The topological polar surface area (TPSA) is 49.3 Å². The van der Waals surface area contributed by atoms with Crippen molar-refractivity contribution in [2.45, 2.75) is 24.6 Å². The van der Waals surface area contributed by atoms with E-state index in [2.05, 4.69) is 5.32 Å². The SMILES string of the molecule is O=C(O)c1ccc2c(c1)[C@@H]1C=CC[C@@H]1[C@H](c1ccccc1C(F)(F)F)N2. The third-order valence-corrected chi connectivity index (χ3v) is 5.21. The average molecular weight is 359 g/mol. The largest absolute Gasteiger partial charge is 0.478 e. The van der Waals surface area contributed by atoms with Crippen LogP contribution in [0.2, 0.25) is 0 Å². The second kappa shape index (κ2) is 5.90. The van der Waals surface area contributed by atoms with Crippen LogP contribution in [0, 0.1) is 5.92 Å². The van der Waals surface area contributed by atoms with E-state index in [9.17, 15) is 23.1 Å². The number of hydrogen-bond donors (Lipinski definition) is 2. The molecule has 2 aliphatic rings. The Hall–Kier alpha value is -2.76. The van der Waals surface area contributed by atoms with Crippen molar-refractivity contribution in [3.63, 3.8) is 0 Å². The van der Waals surface area contributed by atoms with Gasteiger partial charge in [-0.25, -0.2) is 4.79 Å². The van der Waals surface area contributed by atoms with E-state index < -0.39 is 23.8 Å². The molecule has 0 unspecified atom stereocenters. The highest BCUT2D eigenvalue weighted by Crippen LogP contribution is 2.51. The van der Waals surface area contributed by atoms with Gasteiger partial charge in [-0.1, -0.05) is 30.4 Å². The molecule has 1 aliphatic carbocycles. The maximum Gasteiger partial charge on any atom is 0.416 e. The fraction of sp³-hybridized carbons (Fsp3) is 0.250. The molecular formula is C20H16F3NO2. The predicted octanol–water partition coefficient (Wildman–Crippen LogP) is 5.23. The van der Waals surface area contributed by atoms with Crippen molar-refractivity contribution in [1.29, 1.82) is 0 Å². The van der Waals surface area contributed by atoms with E-state index in [0.717, 1.165) is 11.6 Å². The van der Waals surface area contributed by atoms with Crippen molar-refractivity contribution in [2.24, 2.45) is 5.92 Å². The second-order valence-electron chi connectivity index (χ2n) is 6.67. The van der Waals surface area contributed by atoms with E-state index in [1.165, 1.54) is 18.2 Å². The van der Waals surface area contributed by atoms with Crippen LogP contribution in [-0.2, 0) is 6.18 Å². The number of carboxylic acids is 1. The molecule has 1 heterocycles. The van der Waals surface area contributed by atoms with Gasteiger partial charge < -0.3 is 10.4 Å². The van der Waals surface area contributed by atoms with E-state index >= 15 is 0 Å². The van der Waals surface area contributed by atoms with Crippen LogP contribution >= 0.6 is 0 Å². The third-order valence-electron chi connectivity index (χ3n) is 5.21. The Morgan fingerprint density at radius 1 is 1.12 bits per heavy atom. The van der Waals surface area contributed by atoms with E-state index in [0.29, 0.717) is 12.1 Å². The fourth-order valence-electron chi connectivity index (χ4n) is 4.06. The summed E-state index contributed by atoms with van der Waals surface area (Å²) in [5, 5.41) is 12.4. The lowest BCUT2D eigenvalue weighted by atomic mass is 9.75. The Bertz CT molecular complexity index is 904. The van der Waals surface area contributed by atoms with Gasteiger partial charge in [-0.3, -0.25) is 0 Å². The third kappa shape index (κ3) is 2.66. The number of nitrogens with one attached hydrogen (secondary N) is 1. The monoisotopic (exact) mass is 359 g/mol. The number of hydrogen-bond acceptors (Lipinski definition) is 2. The van der Waals surface area contributed by atoms with Crippen LogP contribution in [0.1, 0.15) is 45.4 Å². The zero-order valence-corrected chi connectivity index (χ0v) is 13.6. The highest BCUT2D eigenvalue weighted by atomic mass is 19.4. The number of anilines is 1. The molecule has 0 fully saturated rings. The second-order valence-corrected chi connectivity index (χ2v) is 6.67. The summed E-state index contributed by atoms with van der Waals surface area (Å²) in [6.07, 6.45) is 0.153. The first-order chi connectivity index (χ1) is 12.4. The van der Waals surface area contributed by atoms with Gasteiger partial charge in [0.2, 0.25) is 0 Å². The molecule has 2 aromatic carbocycles. The Labute approximate surface area is 148 Å². The number of aromatic carboxylic acids is 1. The Balaban J connectivity index is 1.81. The molecular weight excluding hydrogens is 343 g/mol. The molecule has 2 N–H and O–H groups in total. The summed E-state index contributed by atoms with van der Waals surface area (Å²) in [7, 11) is 0. The molecule has 0 amide bonds. The summed E-state index contributed by atoms with van der Waals surface area (Å²) >= 11 is 0. The van der Waals surface area contributed by atoms with Gasteiger partial charge in [0.05, 0.1) is 17.2 Å². The molecule has 134 valence electrons. The zero-order chi connectivity index (χ0) is 18.5. The first kappa shape index (κ1) is 16.7. The van der Waals surface area contributed by atoms with Crippen LogP contribution in [0.25, 0.3) is 0 Å². The van der Waals surface area contributed by atoms with Crippen molar-refractivity contribution in [3.05, 3.63) is 76.9 Å². The van der Waals surface area contributed by atoms with Gasteiger partial charge in [-0.05, 0) is 47.7 Å². The Kier molecular flexibility index (Phi) is 3.79. The Morgan fingerprint density at radius 2 is 1.88 bits per heavy atom. The highest BCUT2D eigenvalue weighted by Gasteiger charge is 2.42. The number of fused-ring (bicyclic) bond motifs is 3. The standard InChI is InChI=1S/C20H16F3NO2/c21-20(22,23)16-7-2-1-4-14(16)18-13-6-3-5-12(13)15-10-11(19(25)26)8-9-17(15)24-18/h1-5,7-10,12-13,18,24H,6H2,(H,25,26)/t12-,13+,18-/m1/s1. The van der Waals surface area contributed by atoms with Gasteiger partial charge in [0, 0.05) is 11.6 Å². The molecule has 2 aromatic rings. The van der Waals surface area contributed by atoms with Gasteiger partial charge in [0.25, 0.3) is 0 Å². The molecule has 3 atom stereocenters. The van der Waals surface area contributed by atoms with E-state index in [-0.39, 0.29) is 23.0 Å². The number of benzene rings is 2. The smallest absolute Gasteiger partial charge is 0.416 e. The first-order valence-corrected chi connectivity index (χ1v) is 8.33. The maximum absolute atomic E-state index is 13.5. The molecule has 3 nitrogen and oxygen atoms in total. The number of carboxylic acid groups (broad SMARTS) is 1. The number of rotatable bonds is 2. The molecule has 0 saturated carbocycles. The molecule has 4 rings (SSSR count). The molecule has 0 bridgehead atoms. The van der Waals surface area contributed by atoms with Crippen LogP contribution in [0.4, 0.5) is 18.9 Å². The van der Waals surface area contributed by atoms with Crippen molar-refractivity contribution >= 4 is 11.7 Å². The molecule has 0 spiro atoms. The number of allylic oxidation sites excluding steroid dienone is 2. The predicted molar refractivity (Wildman–Crippen MR) is 91.2 cm³/mol. The summed E-state index contributed by atoms with van der Waals surface area (Å²) in [5.74, 6) is -1.21. The molecule has 1 aliphatic heterocycles. The molecule has 0 saturated heterocycles. The van der Waals surface area contributed by atoms with E-state index in [1.807, 2.05) is 12.2 Å². The minimum atomic E-state index is -4.42. The summed E-state index contributed by atoms with van der Waals surface area (Å²) in [5.41, 5.74) is 1.29. The van der Waals surface area contributed by atoms with Crippen molar-refractivity contribution < 1.29 is 23.1 Å². The van der Waals surface area contributed by atoms with Gasteiger partial charge >= 0.3 is 12.1 Å². The summed E-state index contributed by atoms with van der Waals surface area (Å²) in [6, 6.07) is 9.88. The molecule has 6 heteroatoms. The number of carbonyl (C=O) groups is 1. The van der Waals surface area contributed by atoms with Crippen LogP contribution < -0.4 is 5.32 Å². The maximum atomic E-state index is 13.5. The quantitative estimate of drug-likeness (QED) is 0.722. The Morgan fingerprint density at radius 3 is 2.62 bits per heavy atom. The summed E-state index contributed by atoms with van der Waals surface area (Å²) in [4.78, 5) is 11.3. The summed E-state index contributed by atoms with van der Waals surface area (Å²) in [6.45, 7) is 0. The van der Waals surface area contributed by atoms with Gasteiger partial charge in [0.1, 0.15) is 0 Å². The van der Waals surface area contributed by atoms with Gasteiger partial charge in [-0.15, -0.1) is 0 Å². The minimum Gasteiger partial charge on any atom is -0.478 e. The zero-order valence-electron chi connectivity index (χ0n) is 13.6. The van der Waals surface area contributed by atoms with Crippen LogP contribution in [0.15, 0.2) is 54.6 Å². The summed E-state index contributed by atoms with van der Waals surface area (Å²) < 4.78 is 40.4. The minimum absolute atomic E-state index is 0.0879. The van der Waals surface area contributed by atoms with Gasteiger partial charge in [0.15, 0.2) is 0 Å². The lowest BCUT2D eigenvalue weighted by Gasteiger charge is -2.38. The highest BCUT2D eigenvalue weighted by molar-refractivity contribution is 5.89.